The number of hydrogen-bond donors (Lipinski definition) is 0. The van der Waals surface area contributed by atoms with Crippen molar-refractivity contribution < 1.29 is 17.9 Å². The number of rotatable bonds is 4. The van der Waals surface area contributed by atoms with Crippen LogP contribution < -0.4 is 4.74 Å². The van der Waals surface area contributed by atoms with Gasteiger partial charge in [-0.05, 0) is 19.2 Å². The van der Waals surface area contributed by atoms with Crippen molar-refractivity contribution in [2.24, 2.45) is 0 Å². The highest BCUT2D eigenvalue weighted by atomic mass is 32.2. The number of carbonyl (C=O) groups excluding carboxylic acids is 1. The van der Waals surface area contributed by atoms with Crippen LogP contribution in [0.1, 0.15) is 10.4 Å². The Labute approximate surface area is 155 Å². The van der Waals surface area contributed by atoms with Gasteiger partial charge < -0.3 is 14.5 Å². The molecule has 0 aromatic heterocycles. The first-order valence-corrected chi connectivity index (χ1v) is 10.2. The maximum absolute atomic E-state index is 12.8. The number of methoxy groups -OCH3 is 1. The smallest absolute Gasteiger partial charge is 0.282 e. The van der Waals surface area contributed by atoms with Gasteiger partial charge in [0.05, 0.1) is 12.7 Å². The standard InChI is InChI=1S/C17H26N4O4S/c1-18-7-11-20(12-8-18)26(23,24)21-13-9-19(10-14-21)17(22)15-5-3-4-6-16(15)25-2/h3-6H,7-14H2,1-2H3. The predicted octanol–water partition coefficient (Wildman–Crippen LogP) is -0.0548. The van der Waals surface area contributed by atoms with E-state index >= 15 is 0 Å². The monoisotopic (exact) mass is 382 g/mol. The van der Waals surface area contributed by atoms with Crippen LogP contribution in [0, 0.1) is 0 Å². The fourth-order valence-electron chi connectivity index (χ4n) is 3.30. The summed E-state index contributed by atoms with van der Waals surface area (Å²) in [6, 6.07) is 7.09. The Bertz CT molecular complexity index is 739. The quantitative estimate of drug-likeness (QED) is 0.730. The summed E-state index contributed by atoms with van der Waals surface area (Å²) in [7, 11) is 0.0689. The van der Waals surface area contributed by atoms with Crippen LogP contribution in [0.5, 0.6) is 5.75 Å². The minimum Gasteiger partial charge on any atom is -0.496 e. The number of nitrogens with zero attached hydrogens (tertiary/aromatic N) is 4. The van der Waals surface area contributed by atoms with Crippen LogP contribution in [0.25, 0.3) is 0 Å². The van der Waals surface area contributed by atoms with Crippen LogP contribution in [0.15, 0.2) is 24.3 Å². The third-order valence-corrected chi connectivity index (χ3v) is 7.01. The van der Waals surface area contributed by atoms with Gasteiger partial charge in [-0.1, -0.05) is 12.1 Å². The zero-order chi connectivity index (χ0) is 18.7. The molecular formula is C17H26N4O4S. The van der Waals surface area contributed by atoms with E-state index in [4.69, 9.17) is 4.74 Å². The summed E-state index contributed by atoms with van der Waals surface area (Å²) in [5, 5.41) is 0. The van der Waals surface area contributed by atoms with Crippen LogP contribution in [0.3, 0.4) is 0 Å². The van der Waals surface area contributed by atoms with Gasteiger partial charge in [-0.25, -0.2) is 0 Å². The average molecular weight is 382 g/mol. The number of carbonyl (C=O) groups is 1. The Hall–Kier alpha value is -1.68. The van der Waals surface area contributed by atoms with E-state index in [9.17, 15) is 13.2 Å². The summed E-state index contributed by atoms with van der Waals surface area (Å²) >= 11 is 0. The van der Waals surface area contributed by atoms with E-state index < -0.39 is 10.2 Å². The van der Waals surface area contributed by atoms with Gasteiger partial charge in [0.15, 0.2) is 0 Å². The van der Waals surface area contributed by atoms with E-state index in [1.165, 1.54) is 11.4 Å². The summed E-state index contributed by atoms with van der Waals surface area (Å²) in [4.78, 5) is 16.5. The van der Waals surface area contributed by atoms with Crippen molar-refractivity contribution in [3.8, 4) is 5.75 Å². The fourth-order valence-corrected chi connectivity index (χ4v) is 4.87. The molecule has 8 nitrogen and oxygen atoms in total. The third kappa shape index (κ3) is 3.85. The molecule has 3 rings (SSSR count). The lowest BCUT2D eigenvalue weighted by Crippen LogP contribution is -2.57. The number of likely N-dealkylation sites (N-methyl/N-ethyl adjacent to an activating group) is 1. The van der Waals surface area contributed by atoms with Gasteiger partial charge >= 0.3 is 0 Å². The Balaban J connectivity index is 1.63. The molecule has 0 spiro atoms. The molecule has 26 heavy (non-hydrogen) atoms. The highest BCUT2D eigenvalue weighted by Gasteiger charge is 2.35. The minimum absolute atomic E-state index is 0.126. The first-order chi connectivity index (χ1) is 12.4. The third-order valence-electron chi connectivity index (χ3n) is 4.98. The van der Waals surface area contributed by atoms with Crippen LogP contribution in [0.4, 0.5) is 0 Å². The van der Waals surface area contributed by atoms with Crippen molar-refractivity contribution in [2.75, 3.05) is 66.5 Å². The van der Waals surface area contributed by atoms with Crippen LogP contribution >= 0.6 is 0 Å². The molecule has 2 fully saturated rings. The highest BCUT2D eigenvalue weighted by Crippen LogP contribution is 2.21. The molecule has 0 atom stereocenters. The first-order valence-electron chi connectivity index (χ1n) is 8.79. The van der Waals surface area contributed by atoms with Crippen molar-refractivity contribution in [1.82, 2.24) is 18.4 Å². The van der Waals surface area contributed by atoms with Gasteiger partial charge in [-0.3, -0.25) is 4.79 Å². The molecule has 1 aromatic carbocycles. The largest absolute Gasteiger partial charge is 0.496 e. The Morgan fingerprint density at radius 1 is 0.923 bits per heavy atom. The lowest BCUT2D eigenvalue weighted by Gasteiger charge is -2.39. The summed E-state index contributed by atoms with van der Waals surface area (Å²) in [6.45, 7) is 3.90. The van der Waals surface area contributed by atoms with E-state index in [2.05, 4.69) is 4.90 Å². The van der Waals surface area contributed by atoms with Crippen molar-refractivity contribution >= 4 is 16.1 Å². The van der Waals surface area contributed by atoms with E-state index in [1.807, 2.05) is 13.1 Å². The summed E-state index contributed by atoms with van der Waals surface area (Å²) in [6.07, 6.45) is 0. The Morgan fingerprint density at radius 2 is 1.46 bits per heavy atom. The molecule has 2 saturated heterocycles. The molecule has 1 aromatic rings. The Kier molecular flexibility index (Phi) is 5.81. The average Bonchev–Trinajstić information content (AvgIpc) is 2.68. The molecule has 1 amide bonds. The molecule has 0 unspecified atom stereocenters. The number of hydrogen-bond acceptors (Lipinski definition) is 5. The van der Waals surface area contributed by atoms with Crippen molar-refractivity contribution in [3.63, 3.8) is 0 Å². The van der Waals surface area contributed by atoms with Gasteiger partial charge in [-0.15, -0.1) is 0 Å². The molecule has 0 radical (unpaired) electrons. The predicted molar refractivity (Wildman–Crippen MR) is 98.5 cm³/mol. The molecular weight excluding hydrogens is 356 g/mol. The van der Waals surface area contributed by atoms with Gasteiger partial charge in [0, 0.05) is 52.4 Å². The van der Waals surface area contributed by atoms with Crippen LogP contribution in [0.2, 0.25) is 0 Å². The molecule has 144 valence electrons. The highest BCUT2D eigenvalue weighted by molar-refractivity contribution is 7.86. The zero-order valence-corrected chi connectivity index (χ0v) is 16.1. The molecule has 0 saturated carbocycles. The van der Waals surface area contributed by atoms with Crippen molar-refractivity contribution in [1.29, 1.82) is 0 Å². The lowest BCUT2D eigenvalue weighted by atomic mass is 10.1. The zero-order valence-electron chi connectivity index (χ0n) is 15.3. The second kappa shape index (κ2) is 7.91. The van der Waals surface area contributed by atoms with E-state index in [1.54, 1.807) is 27.4 Å². The second-order valence-corrected chi connectivity index (χ2v) is 8.53. The number of benzene rings is 1. The molecule has 0 bridgehead atoms. The number of ether oxygens (including phenoxy) is 1. The topological polar surface area (TPSA) is 73.4 Å². The molecule has 2 aliphatic heterocycles. The second-order valence-electron chi connectivity index (χ2n) is 6.60. The van der Waals surface area contributed by atoms with Gasteiger partial charge in [0.1, 0.15) is 5.75 Å². The molecule has 0 N–H and O–H groups in total. The molecule has 2 heterocycles. The van der Waals surface area contributed by atoms with Crippen LogP contribution in [-0.2, 0) is 10.2 Å². The molecule has 0 aliphatic carbocycles. The number of amides is 1. The van der Waals surface area contributed by atoms with Crippen molar-refractivity contribution in [2.45, 2.75) is 0 Å². The SMILES string of the molecule is COc1ccccc1C(=O)N1CCN(S(=O)(=O)N2CCN(C)CC2)CC1. The van der Waals surface area contributed by atoms with Crippen LogP contribution in [-0.4, -0.2) is 99.3 Å². The van der Waals surface area contributed by atoms with Gasteiger partial charge in [0.25, 0.3) is 16.1 Å². The van der Waals surface area contributed by atoms with Gasteiger partial charge in [0.2, 0.25) is 0 Å². The Morgan fingerprint density at radius 3 is 2.04 bits per heavy atom. The normalized spacial score (nSPS) is 20.9. The maximum atomic E-state index is 12.8. The van der Waals surface area contributed by atoms with E-state index in [0.29, 0.717) is 50.6 Å². The maximum Gasteiger partial charge on any atom is 0.282 e. The first kappa shape index (κ1) is 19.1. The van der Waals surface area contributed by atoms with E-state index in [0.717, 1.165) is 13.1 Å². The minimum atomic E-state index is -3.46. The lowest BCUT2D eigenvalue weighted by molar-refractivity contribution is 0.0689. The number of piperazine rings is 2. The number of para-hydroxylation sites is 1. The summed E-state index contributed by atoms with van der Waals surface area (Å²) in [5.74, 6) is 0.407. The fraction of sp³-hybridized carbons (Fsp3) is 0.588. The summed E-state index contributed by atoms with van der Waals surface area (Å²) < 4.78 is 33.9. The molecule has 2 aliphatic rings. The van der Waals surface area contributed by atoms with Crippen molar-refractivity contribution in [3.05, 3.63) is 29.8 Å². The van der Waals surface area contributed by atoms with E-state index in [-0.39, 0.29) is 5.91 Å². The molecule has 9 heteroatoms. The van der Waals surface area contributed by atoms with Gasteiger partial charge in [-0.2, -0.15) is 17.0 Å². The summed E-state index contributed by atoms with van der Waals surface area (Å²) in [5.41, 5.74) is 0.505.